The van der Waals surface area contributed by atoms with Crippen molar-refractivity contribution in [3.8, 4) is 11.3 Å². The number of H-pyrrole nitrogens is 1. The summed E-state index contributed by atoms with van der Waals surface area (Å²) < 4.78 is 0. The number of aromatic amines is 1. The van der Waals surface area contributed by atoms with Gasteiger partial charge in [-0.25, -0.2) is 4.98 Å². The average molecular weight is 337 g/mol. The molecule has 0 aliphatic carbocycles. The predicted octanol–water partition coefficient (Wildman–Crippen LogP) is 2.84. The largest absolute Gasteiger partial charge is 0.387 e. The lowest BCUT2D eigenvalue weighted by Gasteiger charge is -2.24. The molecule has 1 fully saturated rings. The number of fused-ring (bicyclic) bond motifs is 1. The number of hydrogen-bond donors (Lipinski definition) is 4. The highest BCUT2D eigenvalue weighted by molar-refractivity contribution is 5.93. The summed E-state index contributed by atoms with van der Waals surface area (Å²) >= 11 is 0. The highest BCUT2D eigenvalue weighted by Crippen LogP contribution is 2.30. The molecule has 0 saturated carbocycles. The number of piperidine rings is 1. The summed E-state index contributed by atoms with van der Waals surface area (Å²) in [5.74, 6) is 0.862. The van der Waals surface area contributed by atoms with Gasteiger partial charge in [-0.05, 0) is 57.1 Å². The molecule has 1 atom stereocenters. The van der Waals surface area contributed by atoms with Gasteiger partial charge in [0.2, 0.25) is 0 Å². The molecule has 1 unspecified atom stereocenters. The van der Waals surface area contributed by atoms with Gasteiger partial charge in [0.25, 0.3) is 0 Å². The van der Waals surface area contributed by atoms with Gasteiger partial charge in [-0.15, -0.1) is 0 Å². The molecule has 0 radical (unpaired) electrons. The van der Waals surface area contributed by atoms with E-state index in [1.54, 1.807) is 6.92 Å². The van der Waals surface area contributed by atoms with E-state index in [9.17, 15) is 5.11 Å². The van der Waals surface area contributed by atoms with Crippen LogP contribution in [0, 0.1) is 0 Å². The third kappa shape index (κ3) is 3.36. The summed E-state index contributed by atoms with van der Waals surface area (Å²) in [6.07, 6.45) is 3.50. The van der Waals surface area contributed by atoms with Crippen molar-refractivity contribution in [1.82, 2.24) is 20.3 Å². The van der Waals surface area contributed by atoms with Crippen LogP contribution < -0.4 is 10.6 Å². The summed E-state index contributed by atoms with van der Waals surface area (Å²) in [6.45, 7) is 3.80. The molecule has 6 heteroatoms. The molecule has 6 nitrogen and oxygen atoms in total. The number of hydrogen-bond acceptors (Lipinski definition) is 5. The minimum absolute atomic E-state index is 0.436. The number of pyridine rings is 2. The van der Waals surface area contributed by atoms with Gasteiger partial charge in [0, 0.05) is 23.2 Å². The lowest BCUT2D eigenvalue weighted by Crippen LogP contribution is -2.35. The Labute approximate surface area is 146 Å². The summed E-state index contributed by atoms with van der Waals surface area (Å²) in [6, 6.07) is 10.3. The molecule has 0 amide bonds. The fourth-order valence-electron chi connectivity index (χ4n) is 3.33. The molecular weight excluding hydrogens is 314 g/mol. The summed E-state index contributed by atoms with van der Waals surface area (Å²) in [4.78, 5) is 12.5. The Bertz CT molecular complexity index is 867. The van der Waals surface area contributed by atoms with E-state index in [-0.39, 0.29) is 0 Å². The minimum Gasteiger partial charge on any atom is -0.387 e. The van der Waals surface area contributed by atoms with Gasteiger partial charge in [-0.1, -0.05) is 6.07 Å². The fourth-order valence-corrected chi connectivity index (χ4v) is 3.33. The van der Waals surface area contributed by atoms with E-state index >= 15 is 0 Å². The molecule has 0 spiro atoms. The van der Waals surface area contributed by atoms with Gasteiger partial charge < -0.3 is 20.7 Å². The van der Waals surface area contributed by atoms with Crippen LogP contribution in [0.5, 0.6) is 0 Å². The van der Waals surface area contributed by atoms with Crippen LogP contribution in [-0.2, 0) is 0 Å². The Morgan fingerprint density at radius 3 is 2.84 bits per heavy atom. The van der Waals surface area contributed by atoms with E-state index in [4.69, 9.17) is 4.98 Å². The van der Waals surface area contributed by atoms with Crippen LogP contribution in [0.1, 0.15) is 31.6 Å². The number of nitrogens with one attached hydrogen (secondary N) is 3. The van der Waals surface area contributed by atoms with Crippen LogP contribution in [0.3, 0.4) is 0 Å². The summed E-state index contributed by atoms with van der Waals surface area (Å²) in [5, 5.41) is 17.8. The van der Waals surface area contributed by atoms with Crippen LogP contribution in [0.4, 0.5) is 5.82 Å². The number of aromatic nitrogens is 3. The van der Waals surface area contributed by atoms with Crippen molar-refractivity contribution in [2.75, 3.05) is 18.4 Å². The van der Waals surface area contributed by atoms with E-state index < -0.39 is 6.10 Å². The zero-order valence-electron chi connectivity index (χ0n) is 14.3. The molecule has 1 aliphatic rings. The third-order valence-corrected chi connectivity index (χ3v) is 4.69. The Balaban J connectivity index is 1.74. The van der Waals surface area contributed by atoms with Gasteiger partial charge in [-0.3, -0.25) is 4.98 Å². The van der Waals surface area contributed by atoms with Crippen molar-refractivity contribution in [2.45, 2.75) is 31.9 Å². The molecule has 3 aromatic heterocycles. The zero-order valence-corrected chi connectivity index (χ0v) is 14.3. The van der Waals surface area contributed by atoms with Gasteiger partial charge in [0.1, 0.15) is 11.5 Å². The number of anilines is 1. The van der Waals surface area contributed by atoms with Gasteiger partial charge in [0.05, 0.1) is 17.5 Å². The first-order chi connectivity index (χ1) is 12.2. The molecule has 4 rings (SSSR count). The topological polar surface area (TPSA) is 85.9 Å². The first-order valence-corrected chi connectivity index (χ1v) is 8.81. The van der Waals surface area contributed by atoms with Crippen LogP contribution in [-0.4, -0.2) is 39.2 Å². The first kappa shape index (κ1) is 16.1. The third-order valence-electron chi connectivity index (χ3n) is 4.69. The van der Waals surface area contributed by atoms with Crippen molar-refractivity contribution in [2.24, 2.45) is 0 Å². The smallest absolute Gasteiger partial charge is 0.140 e. The molecule has 25 heavy (non-hydrogen) atoms. The van der Waals surface area contributed by atoms with Crippen molar-refractivity contribution < 1.29 is 5.11 Å². The Hall–Kier alpha value is -2.44. The normalized spacial score (nSPS) is 16.9. The van der Waals surface area contributed by atoms with Crippen molar-refractivity contribution in [1.29, 1.82) is 0 Å². The van der Waals surface area contributed by atoms with Gasteiger partial charge >= 0.3 is 0 Å². The van der Waals surface area contributed by atoms with E-state index in [1.165, 1.54) is 0 Å². The molecule has 1 saturated heterocycles. The minimum atomic E-state index is -0.587. The Morgan fingerprint density at radius 2 is 2.04 bits per heavy atom. The van der Waals surface area contributed by atoms with Crippen LogP contribution in [0.15, 0.2) is 36.5 Å². The van der Waals surface area contributed by atoms with Crippen molar-refractivity contribution >= 4 is 16.9 Å². The standard InChI is InChI=1S/C19H23N5O/c1-12(25)16-3-2-4-17(23-16)15-11-18(22-13-5-8-20-9-6-13)24-19-14(15)7-10-21-19/h2-4,7,10-13,20,25H,5-6,8-9H2,1H3,(H2,21,22,24). The summed E-state index contributed by atoms with van der Waals surface area (Å²) in [7, 11) is 0. The van der Waals surface area contributed by atoms with Gasteiger partial charge in [0.15, 0.2) is 0 Å². The number of aliphatic hydroxyl groups excluding tert-OH is 1. The zero-order chi connectivity index (χ0) is 17.2. The molecule has 0 aromatic carbocycles. The summed E-state index contributed by atoms with van der Waals surface area (Å²) in [5.41, 5.74) is 3.38. The maximum absolute atomic E-state index is 9.84. The maximum Gasteiger partial charge on any atom is 0.140 e. The van der Waals surface area contributed by atoms with E-state index in [2.05, 4.69) is 26.7 Å². The highest BCUT2D eigenvalue weighted by Gasteiger charge is 2.16. The van der Waals surface area contributed by atoms with Crippen LogP contribution in [0.25, 0.3) is 22.3 Å². The van der Waals surface area contributed by atoms with Crippen molar-refractivity contribution in [3.05, 3.63) is 42.2 Å². The quantitative estimate of drug-likeness (QED) is 0.588. The van der Waals surface area contributed by atoms with E-state index in [1.807, 2.05) is 30.5 Å². The second kappa shape index (κ2) is 6.82. The predicted molar refractivity (Wildman–Crippen MR) is 99.5 cm³/mol. The molecule has 0 bridgehead atoms. The average Bonchev–Trinajstić information content (AvgIpc) is 3.10. The SMILES string of the molecule is CC(O)c1cccc(-c2cc(NC3CCNCC3)nc3[nH]ccc23)n1. The lowest BCUT2D eigenvalue weighted by molar-refractivity contribution is 0.194. The number of aliphatic hydroxyl groups is 1. The molecule has 3 aromatic rings. The van der Waals surface area contributed by atoms with Gasteiger partial charge in [-0.2, -0.15) is 0 Å². The van der Waals surface area contributed by atoms with Crippen molar-refractivity contribution in [3.63, 3.8) is 0 Å². The number of rotatable bonds is 4. The number of nitrogens with zero attached hydrogens (tertiary/aromatic N) is 2. The highest BCUT2D eigenvalue weighted by atomic mass is 16.3. The molecule has 4 N–H and O–H groups in total. The molecule has 130 valence electrons. The lowest BCUT2D eigenvalue weighted by atomic mass is 10.1. The second-order valence-electron chi connectivity index (χ2n) is 6.59. The molecule has 1 aliphatic heterocycles. The van der Waals surface area contributed by atoms with Crippen LogP contribution in [0.2, 0.25) is 0 Å². The molecule has 4 heterocycles. The maximum atomic E-state index is 9.84. The Morgan fingerprint density at radius 1 is 1.20 bits per heavy atom. The Kier molecular flexibility index (Phi) is 4.38. The van der Waals surface area contributed by atoms with E-state index in [0.717, 1.165) is 54.0 Å². The molecular formula is C19H23N5O. The fraction of sp³-hybridized carbons (Fsp3) is 0.368. The monoisotopic (exact) mass is 337 g/mol. The van der Waals surface area contributed by atoms with E-state index in [0.29, 0.717) is 11.7 Å². The first-order valence-electron chi connectivity index (χ1n) is 8.81. The second-order valence-corrected chi connectivity index (χ2v) is 6.59. The van der Waals surface area contributed by atoms with Crippen LogP contribution >= 0.6 is 0 Å².